The summed E-state index contributed by atoms with van der Waals surface area (Å²) in [7, 11) is -3.80. The van der Waals surface area contributed by atoms with Crippen LogP contribution in [0.4, 0.5) is 0 Å². The van der Waals surface area contributed by atoms with Gasteiger partial charge in [-0.05, 0) is 20.8 Å². The van der Waals surface area contributed by atoms with Crippen LogP contribution in [-0.4, -0.2) is 54.5 Å². The van der Waals surface area contributed by atoms with Crippen molar-refractivity contribution in [2.24, 2.45) is 0 Å². The van der Waals surface area contributed by atoms with Gasteiger partial charge in [0.05, 0.1) is 6.42 Å². The number of rotatable bonds is 9. The van der Waals surface area contributed by atoms with Crippen LogP contribution in [0.15, 0.2) is 14.4 Å². The molecule has 24 heavy (non-hydrogen) atoms. The molecule has 11 nitrogen and oxygen atoms in total. The summed E-state index contributed by atoms with van der Waals surface area (Å²) >= 11 is 0. The van der Waals surface area contributed by atoms with Crippen molar-refractivity contribution < 1.29 is 22.9 Å². The molecule has 0 aliphatic heterocycles. The Labute approximate surface area is 136 Å². The molecule has 134 valence electrons. The van der Waals surface area contributed by atoms with E-state index in [0.29, 0.717) is 0 Å². The topological polar surface area (TPSA) is 150 Å². The zero-order chi connectivity index (χ0) is 18.3. The lowest BCUT2D eigenvalue weighted by Crippen LogP contribution is -2.56. The number of carbonyl (C=O) groups excluding carboxylic acids is 2. The first-order chi connectivity index (χ1) is 11.3. The molecule has 0 fully saturated rings. The van der Waals surface area contributed by atoms with Crippen molar-refractivity contribution in [3.05, 3.63) is 31.5 Å². The van der Waals surface area contributed by atoms with Gasteiger partial charge in [0, 0.05) is 19.8 Å². The number of nitrogens with one attached hydrogen (secondary N) is 2. The second kappa shape index (κ2) is 8.63. The summed E-state index contributed by atoms with van der Waals surface area (Å²) in [5, 5.41) is -0.782. The van der Waals surface area contributed by atoms with Gasteiger partial charge in [0.15, 0.2) is 0 Å². The van der Waals surface area contributed by atoms with E-state index < -0.39 is 43.6 Å². The van der Waals surface area contributed by atoms with Gasteiger partial charge in [0.2, 0.25) is 11.3 Å². The van der Waals surface area contributed by atoms with E-state index in [0.717, 1.165) is 0 Å². The molecule has 12 heteroatoms. The van der Waals surface area contributed by atoms with E-state index >= 15 is 0 Å². The highest BCUT2D eigenvalue weighted by atomic mass is 28.4. The molecular weight excluding hydrogens is 342 g/mol. The summed E-state index contributed by atoms with van der Waals surface area (Å²) in [6.45, 7) is 5.24. The number of H-pyrrole nitrogens is 2. The van der Waals surface area contributed by atoms with Crippen molar-refractivity contribution in [2.45, 2.75) is 27.2 Å². The first-order valence-corrected chi connectivity index (χ1v) is 8.97. The first kappa shape index (κ1) is 19.9. The maximum Gasteiger partial charge on any atom is 0.575 e. The van der Waals surface area contributed by atoms with Gasteiger partial charge in [-0.25, -0.2) is 14.4 Å². The fraction of sp³-hybridized carbons (Fsp3) is 0.583. The lowest BCUT2D eigenvalue weighted by Gasteiger charge is -2.26. The Morgan fingerprint density at radius 2 is 1.33 bits per heavy atom. The van der Waals surface area contributed by atoms with E-state index in [9.17, 15) is 24.0 Å². The third kappa shape index (κ3) is 4.44. The number of hydrogen-bond acceptors (Lipinski definition) is 8. The van der Waals surface area contributed by atoms with E-state index in [2.05, 4.69) is 0 Å². The molecule has 0 saturated carbocycles. The minimum Gasteiger partial charge on any atom is -0.369 e. The molecule has 0 aromatic carbocycles. The molecule has 0 aliphatic rings. The molecule has 0 spiro atoms. The van der Waals surface area contributed by atoms with Gasteiger partial charge in [-0.15, -0.1) is 0 Å². The SMILES string of the molecule is CCO[Si](OCC)(OCC)C(=O)CC(=O)n1c(=O)[nH]c(=O)[nH]c1=O. The number of aromatic nitrogens is 3. The van der Waals surface area contributed by atoms with Crippen molar-refractivity contribution in [1.82, 2.24) is 14.5 Å². The van der Waals surface area contributed by atoms with E-state index in [-0.39, 0.29) is 24.4 Å². The highest BCUT2D eigenvalue weighted by Crippen LogP contribution is 2.14. The number of aromatic amines is 2. The maximum absolute atomic E-state index is 12.5. The van der Waals surface area contributed by atoms with Gasteiger partial charge in [-0.1, -0.05) is 0 Å². The van der Waals surface area contributed by atoms with Crippen molar-refractivity contribution in [2.75, 3.05) is 19.8 Å². The molecule has 1 rings (SSSR count). The minimum absolute atomic E-state index is 0.116. The average Bonchev–Trinajstić information content (AvgIpc) is 2.46. The van der Waals surface area contributed by atoms with Crippen LogP contribution in [0.2, 0.25) is 0 Å². The Morgan fingerprint density at radius 1 is 0.917 bits per heavy atom. The Kier molecular flexibility index (Phi) is 7.15. The standard InChI is InChI=1S/C12H19N3O8Si/c1-4-21-24(22-5-2,23-6-3)9(17)7-8(16)15-11(19)13-10(18)14-12(15)20/h4-7H2,1-3H3,(H2,13,14,18,19,20). The van der Waals surface area contributed by atoms with Crippen LogP contribution in [-0.2, 0) is 18.1 Å². The van der Waals surface area contributed by atoms with E-state index in [4.69, 9.17) is 13.3 Å². The van der Waals surface area contributed by atoms with Crippen LogP contribution in [0.5, 0.6) is 0 Å². The van der Waals surface area contributed by atoms with Crippen LogP contribution in [0.1, 0.15) is 32.0 Å². The smallest absolute Gasteiger partial charge is 0.369 e. The number of nitrogens with zero attached hydrogens (tertiary/aromatic N) is 1. The monoisotopic (exact) mass is 361 g/mol. The molecule has 0 saturated heterocycles. The van der Waals surface area contributed by atoms with Crippen molar-refractivity contribution in [3.8, 4) is 0 Å². The average molecular weight is 361 g/mol. The van der Waals surface area contributed by atoms with Gasteiger partial charge in [-0.2, -0.15) is 4.57 Å². The Morgan fingerprint density at radius 3 is 1.71 bits per heavy atom. The summed E-state index contributed by atoms with van der Waals surface area (Å²) in [6, 6.07) is 0. The van der Waals surface area contributed by atoms with Gasteiger partial charge < -0.3 is 13.3 Å². The molecule has 0 amide bonds. The van der Waals surface area contributed by atoms with Gasteiger partial charge in [0.1, 0.15) is 0 Å². The fourth-order valence-corrected chi connectivity index (χ4v) is 4.16. The van der Waals surface area contributed by atoms with E-state index in [1.54, 1.807) is 30.7 Å². The summed E-state index contributed by atoms with van der Waals surface area (Å²) in [5.74, 6) is -1.13. The molecule has 0 unspecified atom stereocenters. The second-order valence-electron chi connectivity index (χ2n) is 4.37. The molecule has 2 N–H and O–H groups in total. The lowest BCUT2D eigenvalue weighted by atomic mass is 10.4. The third-order valence-electron chi connectivity index (χ3n) is 2.75. The van der Waals surface area contributed by atoms with E-state index in [1.807, 2.05) is 0 Å². The van der Waals surface area contributed by atoms with Gasteiger partial charge >= 0.3 is 25.9 Å². The van der Waals surface area contributed by atoms with Gasteiger partial charge in [0.25, 0.3) is 0 Å². The van der Waals surface area contributed by atoms with Crippen LogP contribution in [0.25, 0.3) is 0 Å². The molecule has 0 aliphatic carbocycles. The van der Waals surface area contributed by atoms with Crippen LogP contribution < -0.4 is 17.1 Å². The van der Waals surface area contributed by atoms with E-state index in [1.165, 1.54) is 0 Å². The van der Waals surface area contributed by atoms with Gasteiger partial charge in [-0.3, -0.25) is 19.6 Å². The molecule has 0 radical (unpaired) electrons. The molecule has 0 atom stereocenters. The fourth-order valence-electron chi connectivity index (χ4n) is 1.92. The Hall–Kier alpha value is -2.15. The summed E-state index contributed by atoms with van der Waals surface area (Å²) < 4.78 is 16.2. The zero-order valence-electron chi connectivity index (χ0n) is 13.5. The lowest BCUT2D eigenvalue weighted by molar-refractivity contribution is -0.118. The number of hydrogen-bond donors (Lipinski definition) is 2. The first-order valence-electron chi connectivity index (χ1n) is 7.25. The summed E-state index contributed by atoms with van der Waals surface area (Å²) in [5.41, 5.74) is -3.53. The van der Waals surface area contributed by atoms with Crippen molar-refractivity contribution >= 4 is 20.1 Å². The van der Waals surface area contributed by atoms with Crippen LogP contribution in [0, 0.1) is 0 Å². The molecule has 0 bridgehead atoms. The second-order valence-corrected chi connectivity index (χ2v) is 6.91. The highest BCUT2D eigenvalue weighted by molar-refractivity contribution is 6.93. The van der Waals surface area contributed by atoms with Crippen LogP contribution >= 0.6 is 0 Å². The van der Waals surface area contributed by atoms with Crippen molar-refractivity contribution in [3.63, 3.8) is 0 Å². The highest BCUT2D eigenvalue weighted by Gasteiger charge is 2.50. The Bertz CT molecular complexity index is 713. The zero-order valence-corrected chi connectivity index (χ0v) is 14.5. The Balaban J connectivity index is 3.15. The van der Waals surface area contributed by atoms with Crippen molar-refractivity contribution in [1.29, 1.82) is 0 Å². The molecule has 1 aromatic heterocycles. The molecular formula is C12H19N3O8Si. The number of carbonyl (C=O) groups is 2. The largest absolute Gasteiger partial charge is 0.575 e. The summed E-state index contributed by atoms with van der Waals surface area (Å²) in [4.78, 5) is 62.2. The maximum atomic E-state index is 12.5. The predicted octanol–water partition coefficient (Wildman–Crippen LogP) is -1.59. The normalized spacial score (nSPS) is 11.5. The predicted molar refractivity (Wildman–Crippen MR) is 82.8 cm³/mol. The van der Waals surface area contributed by atoms with Crippen LogP contribution in [0.3, 0.4) is 0 Å². The molecule has 1 heterocycles. The molecule has 1 aromatic rings. The minimum atomic E-state index is -3.80. The quantitative estimate of drug-likeness (QED) is 0.395. The summed E-state index contributed by atoms with van der Waals surface area (Å²) in [6.07, 6.45) is -0.846. The third-order valence-corrected chi connectivity index (χ3v) is 5.62.